The van der Waals surface area contributed by atoms with Crippen LogP contribution in [0.1, 0.15) is 23.0 Å². The first-order chi connectivity index (χ1) is 17.8. The second-order valence-corrected chi connectivity index (χ2v) is 8.88. The fraction of sp³-hybridized carbons (Fsp3) is 0.138. The third kappa shape index (κ3) is 4.15. The zero-order valence-electron chi connectivity index (χ0n) is 19.6. The molecule has 36 heavy (non-hydrogen) atoms. The molecule has 2 aromatic heterocycles. The van der Waals surface area contributed by atoms with Gasteiger partial charge in [-0.05, 0) is 32.7 Å². The maximum atomic E-state index is 14.7. The number of hydrogen-bond acceptors (Lipinski definition) is 5. The summed E-state index contributed by atoms with van der Waals surface area (Å²) < 4.78 is 3.47. The van der Waals surface area contributed by atoms with Crippen LogP contribution in [-0.2, 0) is 17.9 Å². The van der Waals surface area contributed by atoms with Crippen LogP contribution < -0.4 is 0 Å². The van der Waals surface area contributed by atoms with Crippen LogP contribution >= 0.6 is 0 Å². The van der Waals surface area contributed by atoms with Crippen molar-refractivity contribution in [2.24, 2.45) is 0 Å². The van der Waals surface area contributed by atoms with Gasteiger partial charge in [0, 0.05) is 0 Å². The van der Waals surface area contributed by atoms with E-state index in [1.165, 1.54) is 12.7 Å². The lowest BCUT2D eigenvalue weighted by Gasteiger charge is -2.25. The molecular formula is C29H24N6O. The molecule has 2 heterocycles. The standard InChI is InChI=1S/C29H24N6O/c36-29(27(15-34-19-30-17-32-34)25-13-5-9-21-7-1-3-11-23(21)25)28(16-35-20-31-18-33-35)26-14-6-10-22-8-2-4-12-24(22)26/h1-14,17-20,27-28H,15-16H2. The average Bonchev–Trinajstić information content (AvgIpc) is 3.64. The second-order valence-electron chi connectivity index (χ2n) is 8.88. The van der Waals surface area contributed by atoms with Gasteiger partial charge in [0.05, 0.1) is 24.9 Å². The topological polar surface area (TPSA) is 78.5 Å². The SMILES string of the molecule is O=C(C(Cn1cncn1)c1cccc2ccccc12)C(Cn1cncn1)c1cccc2ccccc12. The lowest BCUT2D eigenvalue weighted by atomic mass is 9.80. The van der Waals surface area contributed by atoms with E-state index >= 15 is 0 Å². The molecule has 7 nitrogen and oxygen atoms in total. The van der Waals surface area contributed by atoms with Crippen molar-refractivity contribution in [1.82, 2.24) is 29.5 Å². The molecule has 0 bridgehead atoms. The van der Waals surface area contributed by atoms with E-state index in [1.54, 1.807) is 22.0 Å². The molecule has 0 spiro atoms. The summed E-state index contributed by atoms with van der Waals surface area (Å²) >= 11 is 0. The summed E-state index contributed by atoms with van der Waals surface area (Å²) in [6, 6.07) is 28.7. The Morgan fingerprint density at radius 2 is 1.06 bits per heavy atom. The van der Waals surface area contributed by atoms with E-state index in [4.69, 9.17) is 0 Å². The van der Waals surface area contributed by atoms with Gasteiger partial charge in [0.15, 0.2) is 5.78 Å². The molecule has 0 aliphatic heterocycles. The molecule has 0 radical (unpaired) electrons. The number of Topliss-reactive ketones (excluding diaryl/α,β-unsaturated/α-hetero) is 1. The summed E-state index contributed by atoms with van der Waals surface area (Å²) in [5, 5.41) is 13.0. The predicted molar refractivity (Wildman–Crippen MR) is 138 cm³/mol. The normalized spacial score (nSPS) is 13.1. The Kier molecular flexibility index (Phi) is 5.79. The fourth-order valence-corrected chi connectivity index (χ4v) is 5.06. The van der Waals surface area contributed by atoms with Crippen molar-refractivity contribution in [1.29, 1.82) is 0 Å². The molecule has 0 saturated carbocycles. The monoisotopic (exact) mass is 472 g/mol. The van der Waals surface area contributed by atoms with Gasteiger partial charge in [-0.3, -0.25) is 14.2 Å². The number of nitrogens with zero attached hydrogens (tertiary/aromatic N) is 6. The highest BCUT2D eigenvalue weighted by Gasteiger charge is 2.32. The molecule has 2 unspecified atom stereocenters. The third-order valence-electron chi connectivity index (χ3n) is 6.76. The van der Waals surface area contributed by atoms with E-state index in [-0.39, 0.29) is 5.78 Å². The second kappa shape index (κ2) is 9.54. The average molecular weight is 473 g/mol. The lowest BCUT2D eigenvalue weighted by Crippen LogP contribution is -2.28. The van der Waals surface area contributed by atoms with Gasteiger partial charge in [0.2, 0.25) is 0 Å². The molecule has 2 atom stereocenters. The van der Waals surface area contributed by atoms with E-state index in [0.717, 1.165) is 32.7 Å². The highest BCUT2D eigenvalue weighted by molar-refractivity contribution is 5.99. The van der Waals surface area contributed by atoms with E-state index in [1.807, 2.05) is 36.4 Å². The van der Waals surface area contributed by atoms with Crippen LogP contribution in [0.2, 0.25) is 0 Å². The summed E-state index contributed by atoms with van der Waals surface area (Å²) in [5.74, 6) is -0.774. The molecule has 0 fully saturated rings. The fourth-order valence-electron chi connectivity index (χ4n) is 5.06. The smallest absolute Gasteiger partial charge is 0.151 e. The largest absolute Gasteiger partial charge is 0.298 e. The first-order valence-electron chi connectivity index (χ1n) is 11.9. The number of fused-ring (bicyclic) bond motifs is 2. The summed E-state index contributed by atoms with van der Waals surface area (Å²) in [4.78, 5) is 22.9. The number of carbonyl (C=O) groups is 1. The zero-order valence-corrected chi connectivity index (χ0v) is 19.6. The summed E-state index contributed by atoms with van der Waals surface area (Å²) in [7, 11) is 0. The van der Waals surface area contributed by atoms with E-state index in [0.29, 0.717) is 13.1 Å². The van der Waals surface area contributed by atoms with Gasteiger partial charge in [-0.2, -0.15) is 10.2 Å². The highest BCUT2D eigenvalue weighted by atomic mass is 16.1. The minimum Gasteiger partial charge on any atom is -0.298 e. The van der Waals surface area contributed by atoms with Crippen molar-refractivity contribution in [3.05, 3.63) is 121 Å². The molecule has 0 saturated heterocycles. The van der Waals surface area contributed by atoms with E-state index in [2.05, 4.69) is 68.7 Å². The minimum absolute atomic E-state index is 0.105. The van der Waals surface area contributed by atoms with Crippen molar-refractivity contribution in [3.8, 4) is 0 Å². The summed E-state index contributed by atoms with van der Waals surface area (Å²) in [5.41, 5.74) is 1.97. The molecule has 0 aliphatic carbocycles. The van der Waals surface area contributed by atoms with Crippen LogP contribution in [0.4, 0.5) is 0 Å². The summed E-state index contributed by atoms with van der Waals surface area (Å²) in [6.45, 7) is 0.789. The van der Waals surface area contributed by atoms with Gasteiger partial charge < -0.3 is 0 Å². The molecule has 0 amide bonds. The van der Waals surface area contributed by atoms with Crippen molar-refractivity contribution < 1.29 is 4.79 Å². The van der Waals surface area contributed by atoms with Crippen LogP contribution in [0.3, 0.4) is 0 Å². The maximum absolute atomic E-state index is 14.7. The van der Waals surface area contributed by atoms with Gasteiger partial charge in [-0.25, -0.2) is 9.97 Å². The molecule has 6 aromatic rings. The van der Waals surface area contributed by atoms with Crippen molar-refractivity contribution in [3.63, 3.8) is 0 Å². The molecule has 6 rings (SSSR count). The molecule has 0 N–H and O–H groups in total. The molecular weight excluding hydrogens is 448 g/mol. The van der Waals surface area contributed by atoms with Crippen molar-refractivity contribution in [2.75, 3.05) is 0 Å². The quantitative estimate of drug-likeness (QED) is 0.311. The van der Waals surface area contributed by atoms with Gasteiger partial charge >= 0.3 is 0 Å². The molecule has 0 aliphatic rings. The van der Waals surface area contributed by atoms with Crippen LogP contribution in [0.15, 0.2) is 110 Å². The highest BCUT2D eigenvalue weighted by Crippen LogP contribution is 2.35. The number of hydrogen-bond donors (Lipinski definition) is 0. The van der Waals surface area contributed by atoms with E-state index in [9.17, 15) is 4.79 Å². The Bertz CT molecular complexity index is 1490. The van der Waals surface area contributed by atoms with Gasteiger partial charge in [0.1, 0.15) is 25.3 Å². The Labute approximate surface area is 208 Å². The summed E-state index contributed by atoms with van der Waals surface area (Å²) in [6.07, 6.45) is 6.33. The van der Waals surface area contributed by atoms with Crippen molar-refractivity contribution in [2.45, 2.75) is 24.9 Å². The molecule has 7 heteroatoms. The van der Waals surface area contributed by atoms with Crippen LogP contribution in [0.25, 0.3) is 21.5 Å². The first-order valence-corrected chi connectivity index (χ1v) is 11.9. The molecule has 176 valence electrons. The number of carbonyl (C=O) groups excluding carboxylic acids is 1. The molecule has 4 aromatic carbocycles. The van der Waals surface area contributed by atoms with Crippen LogP contribution in [0.5, 0.6) is 0 Å². The lowest BCUT2D eigenvalue weighted by molar-refractivity contribution is -0.122. The van der Waals surface area contributed by atoms with Gasteiger partial charge in [-0.1, -0.05) is 84.9 Å². The Morgan fingerprint density at radius 1 is 0.611 bits per heavy atom. The maximum Gasteiger partial charge on any atom is 0.151 e. The Hall–Kier alpha value is -4.65. The minimum atomic E-state index is -0.440. The van der Waals surface area contributed by atoms with Gasteiger partial charge in [-0.15, -0.1) is 0 Å². The number of rotatable bonds is 8. The van der Waals surface area contributed by atoms with E-state index < -0.39 is 11.8 Å². The number of ketones is 1. The first kappa shape index (κ1) is 21.9. The van der Waals surface area contributed by atoms with Crippen molar-refractivity contribution >= 4 is 27.3 Å². The van der Waals surface area contributed by atoms with Crippen LogP contribution in [0, 0.1) is 0 Å². The third-order valence-corrected chi connectivity index (χ3v) is 6.76. The number of benzene rings is 4. The van der Waals surface area contributed by atoms with Gasteiger partial charge in [0.25, 0.3) is 0 Å². The zero-order chi connectivity index (χ0) is 24.3. The number of aromatic nitrogens is 6. The Balaban J connectivity index is 1.52. The van der Waals surface area contributed by atoms with Crippen LogP contribution in [-0.4, -0.2) is 35.3 Å². The Morgan fingerprint density at radius 3 is 1.50 bits per heavy atom. The predicted octanol–water partition coefficient (Wildman–Crippen LogP) is 5.01.